The van der Waals surface area contributed by atoms with Crippen LogP contribution >= 0.6 is 11.3 Å². The highest BCUT2D eigenvalue weighted by molar-refractivity contribution is 7.14. The molecule has 0 spiro atoms. The predicted molar refractivity (Wildman–Crippen MR) is 240 cm³/mol. The van der Waals surface area contributed by atoms with Gasteiger partial charge in [-0.15, -0.1) is 11.3 Å². The van der Waals surface area contributed by atoms with Crippen molar-refractivity contribution in [2.75, 3.05) is 9.80 Å². The molecule has 0 saturated heterocycles. The van der Waals surface area contributed by atoms with Gasteiger partial charge in [0, 0.05) is 22.5 Å². The van der Waals surface area contributed by atoms with E-state index in [0.717, 1.165) is 23.5 Å². The number of anilines is 4. The van der Waals surface area contributed by atoms with Gasteiger partial charge in [-0.1, -0.05) is 152 Å². The molecule has 1 aliphatic rings. The first-order valence-electron chi connectivity index (χ1n) is 19.1. The number of hydrogen-bond acceptors (Lipinski definition) is 3. The number of allylic oxidation sites excluding steroid dienone is 10. The van der Waals surface area contributed by atoms with E-state index in [4.69, 9.17) is 0 Å². The molecule has 1 aliphatic carbocycles. The lowest BCUT2D eigenvalue weighted by molar-refractivity contribution is 0.786. The minimum Gasteiger partial charge on any atom is -0.325 e. The van der Waals surface area contributed by atoms with Gasteiger partial charge < -0.3 is 9.80 Å². The van der Waals surface area contributed by atoms with Crippen molar-refractivity contribution in [2.45, 2.75) is 40.2 Å². The summed E-state index contributed by atoms with van der Waals surface area (Å²) in [5.41, 5.74) is 14.5. The van der Waals surface area contributed by atoms with E-state index in [9.17, 15) is 0 Å². The Morgan fingerprint density at radius 1 is 0.618 bits per heavy atom. The summed E-state index contributed by atoms with van der Waals surface area (Å²) in [6.45, 7) is 8.64. The summed E-state index contributed by atoms with van der Waals surface area (Å²) in [6, 6.07) is 52.3. The average Bonchev–Trinajstić information content (AvgIpc) is 3.78. The zero-order valence-corrected chi connectivity index (χ0v) is 33.0. The molecule has 55 heavy (non-hydrogen) atoms. The van der Waals surface area contributed by atoms with Crippen LogP contribution in [0.1, 0.15) is 39.7 Å². The van der Waals surface area contributed by atoms with Crippen molar-refractivity contribution in [1.82, 2.24) is 0 Å². The van der Waals surface area contributed by atoms with Gasteiger partial charge in [0.15, 0.2) is 0 Å². The van der Waals surface area contributed by atoms with Crippen molar-refractivity contribution >= 4 is 39.0 Å². The standard InChI is InChI=1S/C52H48N2S/c1-5-6-18-41(4)53(50-25-15-13-23-48(50)44-19-9-7-10-20-44)46-34-30-42(31-35-46)39(2)28-29-40(3)43-32-36-47(37-33-43)54(52-27-17-38-55-52)51-26-16-14-24-49(51)45-21-11-8-12-22-45/h5-36,38,47H,37H2,1-4H3/b6-5-,39-28+,40-29+,41-18+. The number of nitrogens with zero attached hydrogens (tertiary/aromatic N) is 2. The van der Waals surface area contributed by atoms with Crippen LogP contribution in [0, 0.1) is 0 Å². The molecule has 0 radical (unpaired) electrons. The van der Waals surface area contributed by atoms with E-state index in [0.29, 0.717) is 0 Å². The quantitative estimate of drug-likeness (QED) is 0.116. The SMILES string of the molecule is C/C=C\C=C(/C)N(c1ccc(/C(C)=C/C=C(\C)C2=CCC(N(c3cccs3)c3ccccc3-c3ccccc3)C=C2)cc1)c1ccccc1-c1ccccc1. The Bertz CT molecular complexity index is 2370. The van der Waals surface area contributed by atoms with Gasteiger partial charge in [0.05, 0.1) is 22.4 Å². The van der Waals surface area contributed by atoms with Gasteiger partial charge in [0.2, 0.25) is 0 Å². The van der Waals surface area contributed by atoms with E-state index in [1.54, 1.807) is 11.3 Å². The van der Waals surface area contributed by atoms with Gasteiger partial charge in [-0.3, -0.25) is 0 Å². The summed E-state index contributed by atoms with van der Waals surface area (Å²) in [5, 5.41) is 3.42. The number of rotatable bonds is 12. The minimum atomic E-state index is 0.214. The molecule has 7 rings (SSSR count). The van der Waals surface area contributed by atoms with Crippen LogP contribution < -0.4 is 9.80 Å². The molecule has 0 saturated carbocycles. The third-order valence-electron chi connectivity index (χ3n) is 10.1. The van der Waals surface area contributed by atoms with Gasteiger partial charge in [-0.2, -0.15) is 0 Å². The minimum absolute atomic E-state index is 0.214. The summed E-state index contributed by atoms with van der Waals surface area (Å²) in [5.74, 6) is 0. The monoisotopic (exact) mass is 732 g/mol. The molecule has 3 heteroatoms. The van der Waals surface area contributed by atoms with E-state index in [2.05, 4.69) is 237 Å². The molecular formula is C52H48N2S. The van der Waals surface area contributed by atoms with Crippen LogP contribution in [0.3, 0.4) is 0 Å². The van der Waals surface area contributed by atoms with Crippen LogP contribution in [0.2, 0.25) is 0 Å². The largest absolute Gasteiger partial charge is 0.325 e. The summed E-state index contributed by atoms with van der Waals surface area (Å²) in [4.78, 5) is 4.85. The Balaban J connectivity index is 1.11. The number of para-hydroxylation sites is 2. The lowest BCUT2D eigenvalue weighted by Gasteiger charge is -2.33. The molecule has 0 N–H and O–H groups in total. The number of thiophene rings is 1. The first kappa shape index (κ1) is 37.2. The normalized spacial score (nSPS) is 14.9. The molecule has 5 aromatic carbocycles. The van der Waals surface area contributed by atoms with Crippen molar-refractivity contribution in [3.63, 3.8) is 0 Å². The Kier molecular flexibility index (Phi) is 12.0. The van der Waals surface area contributed by atoms with Gasteiger partial charge in [-0.25, -0.2) is 0 Å². The second-order valence-corrected chi connectivity index (χ2v) is 14.8. The lowest BCUT2D eigenvalue weighted by atomic mass is 9.95. The molecule has 6 aromatic rings. The van der Waals surface area contributed by atoms with Crippen molar-refractivity contribution in [3.05, 3.63) is 222 Å². The van der Waals surface area contributed by atoms with E-state index in [1.165, 1.54) is 55.2 Å². The van der Waals surface area contributed by atoms with Crippen LogP contribution in [0.5, 0.6) is 0 Å². The van der Waals surface area contributed by atoms with Gasteiger partial charge in [-0.05, 0) is 115 Å². The van der Waals surface area contributed by atoms with Crippen molar-refractivity contribution in [2.24, 2.45) is 0 Å². The molecule has 272 valence electrons. The van der Waals surface area contributed by atoms with Gasteiger partial charge in [0.1, 0.15) is 0 Å². The predicted octanol–water partition coefficient (Wildman–Crippen LogP) is 15.1. The van der Waals surface area contributed by atoms with Gasteiger partial charge >= 0.3 is 0 Å². The number of benzene rings is 5. The first-order valence-corrected chi connectivity index (χ1v) is 20.0. The van der Waals surface area contributed by atoms with Crippen LogP contribution in [0.15, 0.2) is 216 Å². The topological polar surface area (TPSA) is 6.48 Å². The maximum atomic E-state index is 2.50. The van der Waals surface area contributed by atoms with Crippen molar-refractivity contribution < 1.29 is 0 Å². The average molecular weight is 733 g/mol. The first-order chi connectivity index (χ1) is 27.0. The highest BCUT2D eigenvalue weighted by atomic mass is 32.1. The molecule has 1 unspecified atom stereocenters. The van der Waals surface area contributed by atoms with E-state index >= 15 is 0 Å². The zero-order chi connectivity index (χ0) is 38.0. The van der Waals surface area contributed by atoms with Crippen molar-refractivity contribution in [1.29, 1.82) is 0 Å². The lowest BCUT2D eigenvalue weighted by Crippen LogP contribution is -2.30. The summed E-state index contributed by atoms with van der Waals surface area (Å²) < 4.78 is 0. The second kappa shape index (κ2) is 17.8. The van der Waals surface area contributed by atoms with E-state index < -0.39 is 0 Å². The molecular weight excluding hydrogens is 685 g/mol. The molecule has 2 nitrogen and oxygen atoms in total. The molecule has 0 fully saturated rings. The molecule has 1 atom stereocenters. The van der Waals surface area contributed by atoms with Crippen LogP contribution in [0.4, 0.5) is 22.1 Å². The number of hydrogen-bond donors (Lipinski definition) is 0. The van der Waals surface area contributed by atoms with E-state index in [1.807, 2.05) is 0 Å². The Labute approximate surface area is 331 Å². The second-order valence-electron chi connectivity index (χ2n) is 13.8. The molecule has 0 amide bonds. The fourth-order valence-corrected chi connectivity index (χ4v) is 8.00. The van der Waals surface area contributed by atoms with Crippen LogP contribution in [-0.4, -0.2) is 6.04 Å². The summed E-state index contributed by atoms with van der Waals surface area (Å²) in [7, 11) is 0. The Hall–Kier alpha value is -6.16. The molecule has 0 bridgehead atoms. The third-order valence-corrected chi connectivity index (χ3v) is 11.0. The fourth-order valence-electron chi connectivity index (χ4n) is 7.20. The van der Waals surface area contributed by atoms with E-state index in [-0.39, 0.29) is 6.04 Å². The Morgan fingerprint density at radius 2 is 1.22 bits per heavy atom. The van der Waals surface area contributed by atoms with Crippen LogP contribution in [0.25, 0.3) is 27.8 Å². The summed E-state index contributed by atoms with van der Waals surface area (Å²) >= 11 is 1.79. The maximum absolute atomic E-state index is 2.50. The smallest absolute Gasteiger partial charge is 0.0959 e. The Morgan fingerprint density at radius 3 is 1.82 bits per heavy atom. The molecule has 1 aromatic heterocycles. The zero-order valence-electron chi connectivity index (χ0n) is 32.1. The highest BCUT2D eigenvalue weighted by Gasteiger charge is 2.24. The van der Waals surface area contributed by atoms with Gasteiger partial charge in [0.25, 0.3) is 0 Å². The highest BCUT2D eigenvalue weighted by Crippen LogP contribution is 2.41. The molecule has 0 aliphatic heterocycles. The molecule has 1 heterocycles. The third kappa shape index (κ3) is 8.64. The van der Waals surface area contributed by atoms with Crippen LogP contribution in [-0.2, 0) is 0 Å². The fraction of sp³-hybridized carbons (Fsp3) is 0.115. The maximum Gasteiger partial charge on any atom is 0.0959 e. The summed E-state index contributed by atoms with van der Waals surface area (Å²) in [6.07, 6.45) is 18.8. The van der Waals surface area contributed by atoms with Crippen molar-refractivity contribution in [3.8, 4) is 22.3 Å².